The summed E-state index contributed by atoms with van der Waals surface area (Å²) in [4.78, 5) is 23.8. The number of nitrogens with one attached hydrogen (secondary N) is 1. The summed E-state index contributed by atoms with van der Waals surface area (Å²) in [7, 11) is 0. The molecule has 20 heavy (non-hydrogen) atoms. The molecule has 2 heterocycles. The number of hydrogen-bond acceptors (Lipinski definition) is 4. The Labute approximate surface area is 115 Å². The molecule has 6 nitrogen and oxygen atoms in total. The van der Waals surface area contributed by atoms with Crippen molar-refractivity contribution >= 4 is 17.5 Å². The van der Waals surface area contributed by atoms with Crippen LogP contribution >= 0.6 is 0 Å². The second kappa shape index (κ2) is 4.82. The van der Waals surface area contributed by atoms with Gasteiger partial charge in [0.1, 0.15) is 11.7 Å². The topological polar surface area (TPSA) is 87.8 Å². The number of amides is 2. The Morgan fingerprint density at radius 3 is 2.75 bits per heavy atom. The number of hydrazone groups is 1. The minimum absolute atomic E-state index is 0.00700. The molecule has 1 saturated heterocycles. The van der Waals surface area contributed by atoms with E-state index < -0.39 is 17.7 Å². The molecule has 106 valence electrons. The van der Waals surface area contributed by atoms with E-state index >= 15 is 0 Å². The molecule has 7 heteroatoms. The van der Waals surface area contributed by atoms with Gasteiger partial charge in [0.15, 0.2) is 0 Å². The van der Waals surface area contributed by atoms with Crippen LogP contribution in [0.1, 0.15) is 12.8 Å². The largest absolute Gasteiger partial charge is 0.366 e. The van der Waals surface area contributed by atoms with Crippen LogP contribution in [0.15, 0.2) is 28.7 Å². The van der Waals surface area contributed by atoms with Gasteiger partial charge in [-0.05, 0) is 38.1 Å². The molecule has 1 atom stereocenters. The number of nitrogens with two attached hydrogens (primary N) is 1. The Bertz CT molecular complexity index is 561. The Morgan fingerprint density at radius 2 is 2.10 bits per heavy atom. The fourth-order valence-corrected chi connectivity index (χ4v) is 2.84. The van der Waals surface area contributed by atoms with Crippen molar-refractivity contribution in [3.63, 3.8) is 0 Å². The van der Waals surface area contributed by atoms with Gasteiger partial charge in [-0.2, -0.15) is 5.10 Å². The zero-order valence-electron chi connectivity index (χ0n) is 10.8. The molecule has 0 aromatic rings. The second-order valence-electron chi connectivity index (χ2n) is 5.12. The Kier molecular flexibility index (Phi) is 3.13. The predicted octanol–water partition coefficient (Wildman–Crippen LogP) is -0.169. The number of halogens is 1. The molecule has 3 aliphatic rings. The van der Waals surface area contributed by atoms with Crippen molar-refractivity contribution in [3.8, 4) is 0 Å². The summed E-state index contributed by atoms with van der Waals surface area (Å²) >= 11 is 0. The molecule has 3 rings (SSSR count). The molecule has 0 saturated carbocycles. The summed E-state index contributed by atoms with van der Waals surface area (Å²) in [5.74, 6) is -2.53. The molecule has 0 aromatic heterocycles. The van der Waals surface area contributed by atoms with Crippen LogP contribution in [0.3, 0.4) is 0 Å². The number of primary amides is 1. The van der Waals surface area contributed by atoms with E-state index in [1.54, 1.807) is 0 Å². The van der Waals surface area contributed by atoms with Gasteiger partial charge in [0.05, 0.1) is 11.8 Å². The van der Waals surface area contributed by atoms with Crippen molar-refractivity contribution < 1.29 is 14.0 Å². The van der Waals surface area contributed by atoms with E-state index in [1.807, 2.05) is 0 Å². The lowest BCUT2D eigenvalue weighted by Crippen LogP contribution is -2.44. The van der Waals surface area contributed by atoms with Crippen molar-refractivity contribution in [1.82, 2.24) is 10.3 Å². The van der Waals surface area contributed by atoms with Crippen LogP contribution < -0.4 is 11.1 Å². The van der Waals surface area contributed by atoms with Gasteiger partial charge in [0.2, 0.25) is 5.91 Å². The zero-order chi connectivity index (χ0) is 14.3. The number of piperidine rings is 1. The average molecular weight is 278 g/mol. The third-order valence-corrected chi connectivity index (χ3v) is 3.82. The molecule has 0 aromatic carbocycles. The van der Waals surface area contributed by atoms with E-state index in [9.17, 15) is 14.0 Å². The molecule has 1 fully saturated rings. The lowest BCUT2D eigenvalue weighted by Gasteiger charge is -2.29. The summed E-state index contributed by atoms with van der Waals surface area (Å²) in [5, 5.41) is 8.81. The van der Waals surface area contributed by atoms with Crippen molar-refractivity contribution in [2.75, 3.05) is 13.1 Å². The fraction of sp³-hybridized carbons (Fsp3) is 0.462. The van der Waals surface area contributed by atoms with Crippen LogP contribution in [0.25, 0.3) is 0 Å². The molecule has 3 N–H and O–H groups in total. The maximum Gasteiger partial charge on any atom is 0.256 e. The first kappa shape index (κ1) is 13.0. The SMILES string of the molecule is NC(=O)C1=CC(F)=CC2=NN(C3CCNCC3)C(=O)C12. The van der Waals surface area contributed by atoms with Gasteiger partial charge < -0.3 is 11.1 Å². The molecule has 1 aliphatic carbocycles. The van der Waals surface area contributed by atoms with Crippen molar-refractivity contribution in [2.24, 2.45) is 16.8 Å². The predicted molar refractivity (Wildman–Crippen MR) is 70.1 cm³/mol. The first-order valence-electron chi connectivity index (χ1n) is 6.59. The van der Waals surface area contributed by atoms with Gasteiger partial charge in [0.25, 0.3) is 5.91 Å². The molecule has 0 bridgehead atoms. The standard InChI is InChI=1S/C13H15FN4O2/c14-7-5-9(12(15)19)11-10(6-7)17-18(13(11)20)8-1-3-16-4-2-8/h5-6,8,11,16H,1-4H2,(H2,15,19). The molecular formula is C13H15FN4O2. The van der Waals surface area contributed by atoms with Crippen LogP contribution in [0.4, 0.5) is 4.39 Å². The smallest absolute Gasteiger partial charge is 0.256 e. The molecule has 2 amide bonds. The summed E-state index contributed by atoms with van der Waals surface area (Å²) in [6.07, 6.45) is 3.79. The highest BCUT2D eigenvalue weighted by Crippen LogP contribution is 2.32. The summed E-state index contributed by atoms with van der Waals surface area (Å²) in [6, 6.07) is -0.00700. The van der Waals surface area contributed by atoms with E-state index in [1.165, 1.54) is 11.1 Å². The van der Waals surface area contributed by atoms with Crippen molar-refractivity contribution in [3.05, 3.63) is 23.6 Å². The lowest BCUT2D eigenvalue weighted by atomic mass is 9.88. The number of fused-ring (bicyclic) bond motifs is 1. The van der Waals surface area contributed by atoms with Gasteiger partial charge in [-0.25, -0.2) is 9.40 Å². The number of carbonyl (C=O) groups excluding carboxylic acids is 2. The van der Waals surface area contributed by atoms with Crippen molar-refractivity contribution in [1.29, 1.82) is 0 Å². The lowest BCUT2D eigenvalue weighted by molar-refractivity contribution is -0.134. The van der Waals surface area contributed by atoms with E-state index in [-0.39, 0.29) is 23.2 Å². The van der Waals surface area contributed by atoms with E-state index in [0.717, 1.165) is 32.0 Å². The normalized spacial score (nSPS) is 26.9. The number of hydrogen-bond donors (Lipinski definition) is 2. The summed E-state index contributed by atoms with van der Waals surface area (Å²) < 4.78 is 13.5. The minimum Gasteiger partial charge on any atom is -0.366 e. The highest BCUT2D eigenvalue weighted by Gasteiger charge is 2.43. The molecule has 0 radical (unpaired) electrons. The molecule has 0 spiro atoms. The Balaban J connectivity index is 1.92. The van der Waals surface area contributed by atoms with Crippen LogP contribution in [0, 0.1) is 5.92 Å². The number of carbonyl (C=O) groups is 2. The van der Waals surface area contributed by atoms with E-state index in [4.69, 9.17) is 5.73 Å². The highest BCUT2D eigenvalue weighted by molar-refractivity contribution is 6.21. The quantitative estimate of drug-likeness (QED) is 0.735. The first-order chi connectivity index (χ1) is 9.58. The van der Waals surface area contributed by atoms with Crippen molar-refractivity contribution in [2.45, 2.75) is 18.9 Å². The maximum absolute atomic E-state index is 13.5. The summed E-state index contributed by atoms with van der Waals surface area (Å²) in [6.45, 7) is 1.62. The van der Waals surface area contributed by atoms with E-state index in [0.29, 0.717) is 0 Å². The number of allylic oxidation sites excluding steroid dienone is 3. The zero-order valence-corrected chi connectivity index (χ0v) is 10.8. The fourth-order valence-electron chi connectivity index (χ4n) is 2.84. The van der Waals surface area contributed by atoms with Gasteiger partial charge in [-0.1, -0.05) is 0 Å². The monoisotopic (exact) mass is 278 g/mol. The van der Waals surface area contributed by atoms with Crippen LogP contribution in [0.2, 0.25) is 0 Å². The van der Waals surface area contributed by atoms with E-state index in [2.05, 4.69) is 10.4 Å². The van der Waals surface area contributed by atoms with Gasteiger partial charge >= 0.3 is 0 Å². The molecule has 1 unspecified atom stereocenters. The van der Waals surface area contributed by atoms with Gasteiger partial charge in [-0.3, -0.25) is 9.59 Å². The Hall–Kier alpha value is -2.02. The Morgan fingerprint density at radius 1 is 1.40 bits per heavy atom. The highest BCUT2D eigenvalue weighted by atomic mass is 19.1. The minimum atomic E-state index is -0.845. The summed E-state index contributed by atoms with van der Waals surface area (Å²) in [5.41, 5.74) is 5.48. The number of nitrogens with zero attached hydrogens (tertiary/aromatic N) is 2. The number of rotatable bonds is 2. The van der Waals surface area contributed by atoms with Gasteiger partial charge in [0, 0.05) is 5.57 Å². The van der Waals surface area contributed by atoms with Crippen LogP contribution in [-0.4, -0.2) is 41.7 Å². The molecular weight excluding hydrogens is 263 g/mol. The third-order valence-electron chi connectivity index (χ3n) is 3.82. The molecule has 2 aliphatic heterocycles. The van der Waals surface area contributed by atoms with Crippen LogP contribution in [-0.2, 0) is 9.59 Å². The second-order valence-corrected chi connectivity index (χ2v) is 5.12. The third kappa shape index (κ3) is 2.03. The maximum atomic E-state index is 13.5. The first-order valence-corrected chi connectivity index (χ1v) is 6.59. The average Bonchev–Trinajstić information content (AvgIpc) is 2.76. The van der Waals surface area contributed by atoms with Gasteiger partial charge in [-0.15, -0.1) is 0 Å². The van der Waals surface area contributed by atoms with Crippen LogP contribution in [0.5, 0.6) is 0 Å².